The minimum absolute atomic E-state index is 0.00359. The number of piperazine rings is 1. The van der Waals surface area contributed by atoms with E-state index in [1.54, 1.807) is 25.1 Å². The van der Waals surface area contributed by atoms with Crippen molar-refractivity contribution in [3.8, 4) is 0 Å². The van der Waals surface area contributed by atoms with Crippen molar-refractivity contribution < 1.29 is 14.3 Å². The molecule has 25 heavy (non-hydrogen) atoms. The smallest absolute Gasteiger partial charge is 0.224 e. The maximum absolute atomic E-state index is 12.4. The van der Waals surface area contributed by atoms with Gasteiger partial charge in [-0.25, -0.2) is 4.98 Å². The molecule has 138 valence electrons. The Hall–Kier alpha value is -2.15. The quantitative estimate of drug-likeness (QED) is 0.656. The van der Waals surface area contributed by atoms with Crippen LogP contribution in [0.4, 0.5) is 5.82 Å². The maximum Gasteiger partial charge on any atom is 0.224 e. The lowest BCUT2D eigenvalue weighted by Gasteiger charge is -2.35. The second-order valence-electron chi connectivity index (χ2n) is 6.16. The third kappa shape index (κ3) is 6.01. The number of ether oxygens (including phenoxy) is 1. The second-order valence-corrected chi connectivity index (χ2v) is 6.16. The molecule has 0 aliphatic carbocycles. The Morgan fingerprint density at radius 3 is 2.56 bits per heavy atom. The molecule has 1 aromatic heterocycles. The van der Waals surface area contributed by atoms with Gasteiger partial charge in [0.2, 0.25) is 11.8 Å². The number of carbonyl (C=O) groups excluding carboxylic acids is 2. The van der Waals surface area contributed by atoms with Crippen LogP contribution in [0.1, 0.15) is 19.8 Å². The largest absolute Gasteiger partial charge is 0.385 e. The first kappa shape index (κ1) is 19.2. The molecule has 1 aromatic rings. The number of rotatable bonds is 8. The standard InChI is InChI=1S/C18H28N4O3/c1-16(23)20(9-5-15-25-2)10-7-18(24)22-13-11-21(12-14-22)17-6-3-4-8-19-17/h3-4,6,8H,5,7,9-15H2,1-2H3. The van der Waals surface area contributed by atoms with Crippen molar-refractivity contribution in [2.45, 2.75) is 19.8 Å². The van der Waals surface area contributed by atoms with E-state index in [1.165, 1.54) is 0 Å². The molecule has 1 fully saturated rings. The van der Waals surface area contributed by atoms with Crippen LogP contribution in [0.15, 0.2) is 24.4 Å². The number of nitrogens with zero attached hydrogens (tertiary/aromatic N) is 4. The Bertz CT molecular complexity index is 545. The van der Waals surface area contributed by atoms with Crippen molar-refractivity contribution >= 4 is 17.6 Å². The Kier molecular flexibility index (Phi) is 7.66. The van der Waals surface area contributed by atoms with Crippen LogP contribution >= 0.6 is 0 Å². The number of pyridine rings is 1. The molecule has 2 amide bonds. The summed E-state index contributed by atoms with van der Waals surface area (Å²) in [4.78, 5) is 34.3. The first-order valence-electron chi connectivity index (χ1n) is 8.80. The molecule has 1 aliphatic heterocycles. The van der Waals surface area contributed by atoms with Crippen LogP contribution in [0.3, 0.4) is 0 Å². The third-order valence-electron chi connectivity index (χ3n) is 4.42. The zero-order valence-electron chi connectivity index (χ0n) is 15.2. The van der Waals surface area contributed by atoms with Gasteiger partial charge in [-0.15, -0.1) is 0 Å². The van der Waals surface area contributed by atoms with E-state index >= 15 is 0 Å². The highest BCUT2D eigenvalue weighted by Gasteiger charge is 2.22. The van der Waals surface area contributed by atoms with Crippen molar-refractivity contribution in [1.82, 2.24) is 14.8 Å². The molecule has 2 rings (SSSR count). The van der Waals surface area contributed by atoms with E-state index < -0.39 is 0 Å². The SMILES string of the molecule is COCCCN(CCC(=O)N1CCN(c2ccccn2)CC1)C(C)=O. The Morgan fingerprint density at radius 2 is 1.96 bits per heavy atom. The molecule has 7 heteroatoms. The maximum atomic E-state index is 12.4. The highest BCUT2D eigenvalue weighted by molar-refractivity contribution is 5.78. The van der Waals surface area contributed by atoms with Crippen LogP contribution in [0.2, 0.25) is 0 Å². The van der Waals surface area contributed by atoms with Gasteiger partial charge in [-0.3, -0.25) is 9.59 Å². The van der Waals surface area contributed by atoms with Gasteiger partial charge in [0, 0.05) is 72.5 Å². The van der Waals surface area contributed by atoms with Gasteiger partial charge in [0.05, 0.1) is 0 Å². The van der Waals surface area contributed by atoms with Crippen LogP contribution in [-0.4, -0.2) is 79.6 Å². The summed E-state index contributed by atoms with van der Waals surface area (Å²) in [5, 5.41) is 0. The minimum atomic E-state index is 0.00359. The summed E-state index contributed by atoms with van der Waals surface area (Å²) in [6.07, 6.45) is 2.94. The van der Waals surface area contributed by atoms with Gasteiger partial charge in [-0.2, -0.15) is 0 Å². The Labute approximate surface area is 149 Å². The molecule has 0 saturated carbocycles. The molecule has 0 spiro atoms. The van der Waals surface area contributed by atoms with E-state index in [0.717, 1.165) is 25.3 Å². The molecule has 0 radical (unpaired) electrons. The van der Waals surface area contributed by atoms with Crippen molar-refractivity contribution in [1.29, 1.82) is 0 Å². The number of methoxy groups -OCH3 is 1. The van der Waals surface area contributed by atoms with E-state index in [2.05, 4.69) is 9.88 Å². The minimum Gasteiger partial charge on any atom is -0.385 e. The highest BCUT2D eigenvalue weighted by Crippen LogP contribution is 2.13. The van der Waals surface area contributed by atoms with Crippen LogP contribution in [-0.2, 0) is 14.3 Å². The summed E-state index contributed by atoms with van der Waals surface area (Å²) >= 11 is 0. The van der Waals surface area contributed by atoms with E-state index in [9.17, 15) is 9.59 Å². The second kappa shape index (κ2) is 9.98. The molecule has 0 bridgehead atoms. The lowest BCUT2D eigenvalue weighted by Crippen LogP contribution is -2.49. The lowest BCUT2D eigenvalue weighted by molar-refractivity contribution is -0.133. The molecule has 1 saturated heterocycles. The predicted octanol–water partition coefficient (Wildman–Crippen LogP) is 1.01. The molecule has 0 unspecified atom stereocenters. The molecular formula is C18H28N4O3. The summed E-state index contributed by atoms with van der Waals surface area (Å²) in [5.74, 6) is 1.07. The van der Waals surface area contributed by atoms with Crippen LogP contribution in [0.25, 0.3) is 0 Å². The van der Waals surface area contributed by atoms with Crippen LogP contribution in [0, 0.1) is 0 Å². The highest BCUT2D eigenvalue weighted by atomic mass is 16.5. The molecule has 0 N–H and O–H groups in total. The van der Waals surface area contributed by atoms with E-state index in [0.29, 0.717) is 39.2 Å². The lowest BCUT2D eigenvalue weighted by atomic mass is 10.2. The topological polar surface area (TPSA) is 66.0 Å². The number of hydrogen-bond acceptors (Lipinski definition) is 5. The summed E-state index contributed by atoms with van der Waals surface area (Å²) in [5.41, 5.74) is 0. The van der Waals surface area contributed by atoms with Gasteiger partial charge in [-0.05, 0) is 18.6 Å². The van der Waals surface area contributed by atoms with Crippen LogP contribution < -0.4 is 4.90 Å². The van der Waals surface area contributed by atoms with Crippen molar-refractivity contribution in [3.05, 3.63) is 24.4 Å². The molecule has 1 aliphatic rings. The van der Waals surface area contributed by atoms with E-state index in [4.69, 9.17) is 4.74 Å². The first-order chi connectivity index (χ1) is 12.1. The van der Waals surface area contributed by atoms with Gasteiger partial charge in [0.25, 0.3) is 0 Å². The first-order valence-corrected chi connectivity index (χ1v) is 8.80. The van der Waals surface area contributed by atoms with Gasteiger partial charge in [0.1, 0.15) is 5.82 Å². The molecular weight excluding hydrogens is 320 g/mol. The zero-order valence-corrected chi connectivity index (χ0v) is 15.2. The number of anilines is 1. The normalized spacial score (nSPS) is 14.5. The fourth-order valence-corrected chi connectivity index (χ4v) is 2.94. The predicted molar refractivity (Wildman–Crippen MR) is 96.4 cm³/mol. The Balaban J connectivity index is 1.75. The van der Waals surface area contributed by atoms with Crippen molar-refractivity contribution in [2.24, 2.45) is 0 Å². The zero-order chi connectivity index (χ0) is 18.1. The van der Waals surface area contributed by atoms with Gasteiger partial charge >= 0.3 is 0 Å². The van der Waals surface area contributed by atoms with Gasteiger partial charge < -0.3 is 19.4 Å². The summed E-state index contributed by atoms with van der Waals surface area (Å²) in [7, 11) is 1.65. The Morgan fingerprint density at radius 1 is 1.20 bits per heavy atom. The summed E-state index contributed by atoms with van der Waals surface area (Å²) in [6.45, 7) is 6.22. The fraction of sp³-hybridized carbons (Fsp3) is 0.611. The third-order valence-corrected chi connectivity index (χ3v) is 4.42. The van der Waals surface area contributed by atoms with Gasteiger partial charge in [0.15, 0.2) is 0 Å². The van der Waals surface area contributed by atoms with E-state index in [-0.39, 0.29) is 11.8 Å². The summed E-state index contributed by atoms with van der Waals surface area (Å²) in [6, 6.07) is 5.86. The number of amides is 2. The molecule has 2 heterocycles. The van der Waals surface area contributed by atoms with Crippen molar-refractivity contribution in [3.63, 3.8) is 0 Å². The molecule has 0 aromatic carbocycles. The average molecular weight is 348 g/mol. The van der Waals surface area contributed by atoms with E-state index in [1.807, 2.05) is 23.1 Å². The number of hydrogen-bond donors (Lipinski definition) is 0. The monoisotopic (exact) mass is 348 g/mol. The fourth-order valence-electron chi connectivity index (χ4n) is 2.94. The molecule has 0 atom stereocenters. The van der Waals surface area contributed by atoms with Gasteiger partial charge in [-0.1, -0.05) is 6.07 Å². The molecule has 7 nitrogen and oxygen atoms in total. The summed E-state index contributed by atoms with van der Waals surface area (Å²) < 4.78 is 5.02. The average Bonchev–Trinajstić information content (AvgIpc) is 2.65. The van der Waals surface area contributed by atoms with Crippen LogP contribution in [0.5, 0.6) is 0 Å². The number of aromatic nitrogens is 1. The number of carbonyl (C=O) groups is 2. The van der Waals surface area contributed by atoms with Crippen molar-refractivity contribution in [2.75, 3.05) is 57.9 Å².